The number of anilines is 1. The topological polar surface area (TPSA) is 92.3 Å². The maximum absolute atomic E-state index is 11.3. The molecule has 7 rings (SSSR count). The highest BCUT2D eigenvalue weighted by Gasteiger charge is 2.43. The molecular weight excluding hydrogens is 543 g/mol. The van der Waals surface area contributed by atoms with Crippen LogP contribution in [0, 0.1) is 5.41 Å². The maximum atomic E-state index is 11.3. The molecule has 194 valence electrons. The fourth-order valence-corrected chi connectivity index (χ4v) is 7.38. The van der Waals surface area contributed by atoms with Crippen LogP contribution in [0.2, 0.25) is 10.0 Å². The molecule has 0 amide bonds. The van der Waals surface area contributed by atoms with Crippen molar-refractivity contribution in [3.05, 3.63) is 63.1 Å². The summed E-state index contributed by atoms with van der Waals surface area (Å²) in [5.74, 6) is 0.430. The van der Waals surface area contributed by atoms with Gasteiger partial charge in [-0.2, -0.15) is 0 Å². The van der Waals surface area contributed by atoms with E-state index in [4.69, 9.17) is 32.7 Å². The third-order valence-corrected chi connectivity index (χ3v) is 9.73. The van der Waals surface area contributed by atoms with Gasteiger partial charge in [-0.05, 0) is 68.2 Å². The number of carboxylic acids is 1. The fourth-order valence-electron chi connectivity index (χ4n) is 5.83. The summed E-state index contributed by atoms with van der Waals surface area (Å²) in [7, 11) is 0. The molecule has 3 fully saturated rings. The smallest absolute Gasteiger partial charge is 0.335 e. The molecule has 0 unspecified atom stereocenters. The molecule has 2 saturated carbocycles. The van der Waals surface area contributed by atoms with Crippen LogP contribution in [0.4, 0.5) is 5.13 Å². The molecule has 1 aliphatic heterocycles. The van der Waals surface area contributed by atoms with Crippen LogP contribution < -0.4 is 4.90 Å². The average molecular weight is 567 g/mol. The summed E-state index contributed by atoms with van der Waals surface area (Å²) in [6.45, 7) is 1.90. The van der Waals surface area contributed by atoms with Gasteiger partial charge in [-0.15, -0.1) is 0 Å². The van der Waals surface area contributed by atoms with Gasteiger partial charge < -0.3 is 14.5 Å². The van der Waals surface area contributed by atoms with Gasteiger partial charge >= 0.3 is 5.97 Å². The molecule has 1 saturated heterocycles. The molecule has 3 aromatic heterocycles. The first-order chi connectivity index (χ1) is 18.4. The quantitative estimate of drug-likeness (QED) is 0.264. The average Bonchev–Trinajstić information content (AvgIpc) is 3.51. The van der Waals surface area contributed by atoms with E-state index < -0.39 is 5.97 Å². The molecule has 38 heavy (non-hydrogen) atoms. The van der Waals surface area contributed by atoms with Gasteiger partial charge in [0.25, 0.3) is 0 Å². The third-order valence-electron chi connectivity index (χ3n) is 8.06. The van der Waals surface area contributed by atoms with E-state index in [1.54, 1.807) is 35.9 Å². The second-order valence-corrected chi connectivity index (χ2v) is 12.5. The number of piperidine rings is 1. The van der Waals surface area contributed by atoms with E-state index in [0.29, 0.717) is 32.6 Å². The number of carboxylic acid groups (broad SMARTS) is 1. The summed E-state index contributed by atoms with van der Waals surface area (Å²) >= 11 is 14.6. The minimum atomic E-state index is -0.926. The number of halogens is 2. The predicted octanol–water partition coefficient (Wildman–Crippen LogP) is 7.69. The highest BCUT2D eigenvalue weighted by Crippen LogP contribution is 2.55. The lowest BCUT2D eigenvalue weighted by molar-refractivity contribution is 0.0697. The molecule has 2 aliphatic carbocycles. The van der Waals surface area contributed by atoms with Crippen LogP contribution in [0.1, 0.15) is 66.1 Å². The van der Waals surface area contributed by atoms with Crippen molar-refractivity contribution in [3.63, 3.8) is 0 Å². The fraction of sp³-hybridized carbons (Fsp3) is 0.357. The molecule has 4 heterocycles. The van der Waals surface area contributed by atoms with Gasteiger partial charge in [-0.3, -0.25) is 4.98 Å². The van der Waals surface area contributed by atoms with Crippen LogP contribution >= 0.6 is 34.5 Å². The molecule has 1 aromatic carbocycles. The Bertz CT molecular complexity index is 1590. The van der Waals surface area contributed by atoms with Crippen LogP contribution in [0.3, 0.4) is 0 Å². The predicted molar refractivity (Wildman–Crippen MR) is 149 cm³/mol. The standard InChI is InChI=1S/C28H24Cl2N4O3S/c29-19-13-31-14-20(30)23(19)24-18(25(37-33-24)16-1-2-16)9-15-11-28(12-15)5-7-34(8-6-28)27-32-21-10-17(26(35)36)3-4-22(21)38-27/h3-4,9-10,13-14,16H,1-2,5-8,11-12H2,(H,35,36). The highest BCUT2D eigenvalue weighted by atomic mass is 35.5. The van der Waals surface area contributed by atoms with Crippen molar-refractivity contribution >= 4 is 61.9 Å². The molecule has 3 aliphatic rings. The number of aromatic nitrogens is 3. The van der Waals surface area contributed by atoms with Gasteiger partial charge in [0, 0.05) is 42.5 Å². The van der Waals surface area contributed by atoms with Gasteiger partial charge in [0.1, 0.15) is 11.5 Å². The summed E-state index contributed by atoms with van der Waals surface area (Å²) < 4.78 is 6.84. The van der Waals surface area contributed by atoms with Gasteiger partial charge in [0.05, 0.1) is 25.8 Å². The number of benzene rings is 1. The molecule has 4 aromatic rings. The second kappa shape index (κ2) is 9.07. The Kier molecular flexibility index (Phi) is 5.76. The van der Waals surface area contributed by atoms with Crippen molar-refractivity contribution in [2.24, 2.45) is 5.41 Å². The first-order valence-electron chi connectivity index (χ1n) is 12.8. The zero-order valence-corrected chi connectivity index (χ0v) is 22.7. The Balaban J connectivity index is 1.08. The summed E-state index contributed by atoms with van der Waals surface area (Å²) in [5.41, 5.74) is 5.15. The summed E-state index contributed by atoms with van der Waals surface area (Å²) in [4.78, 5) is 22.5. The van der Waals surface area contributed by atoms with E-state index >= 15 is 0 Å². The summed E-state index contributed by atoms with van der Waals surface area (Å²) in [6.07, 6.45) is 12.0. The number of thiazole rings is 1. The van der Waals surface area contributed by atoms with E-state index in [9.17, 15) is 9.90 Å². The van der Waals surface area contributed by atoms with E-state index in [0.717, 1.165) is 78.3 Å². The molecule has 0 bridgehead atoms. The Hall–Kier alpha value is -2.94. The van der Waals surface area contributed by atoms with Crippen LogP contribution in [0.5, 0.6) is 0 Å². The molecule has 10 heteroatoms. The SMILES string of the molecule is O=C(O)c1ccc2sc(N3CCC4(CC3)CC(=Cc3c(-c5c(Cl)cncc5Cl)noc3C3CC3)C4)nc2c1. The second-order valence-electron chi connectivity index (χ2n) is 10.7. The zero-order chi connectivity index (χ0) is 26.0. The van der Waals surface area contributed by atoms with Gasteiger partial charge in [-0.1, -0.05) is 45.3 Å². The van der Waals surface area contributed by atoms with E-state index in [-0.39, 0.29) is 5.56 Å². The lowest BCUT2D eigenvalue weighted by atomic mass is 9.60. The van der Waals surface area contributed by atoms with Crippen molar-refractivity contribution in [1.29, 1.82) is 0 Å². The Morgan fingerprint density at radius 3 is 2.58 bits per heavy atom. The number of aromatic carboxylic acids is 1. The minimum Gasteiger partial charge on any atom is -0.478 e. The minimum absolute atomic E-state index is 0.273. The summed E-state index contributed by atoms with van der Waals surface area (Å²) in [6, 6.07) is 5.16. The lowest BCUT2D eigenvalue weighted by Gasteiger charge is -2.49. The van der Waals surface area contributed by atoms with Crippen molar-refractivity contribution in [2.45, 2.75) is 44.4 Å². The van der Waals surface area contributed by atoms with Crippen molar-refractivity contribution in [2.75, 3.05) is 18.0 Å². The summed E-state index contributed by atoms with van der Waals surface area (Å²) in [5, 5.41) is 15.6. The van der Waals surface area contributed by atoms with Crippen LogP contribution in [0.25, 0.3) is 27.6 Å². The Morgan fingerprint density at radius 1 is 1.16 bits per heavy atom. The molecule has 1 N–H and O–H groups in total. The first-order valence-corrected chi connectivity index (χ1v) is 14.3. The molecule has 7 nitrogen and oxygen atoms in total. The molecule has 0 atom stereocenters. The lowest BCUT2D eigenvalue weighted by Crippen LogP contribution is -2.44. The first kappa shape index (κ1) is 24.1. The van der Waals surface area contributed by atoms with Crippen LogP contribution in [-0.4, -0.2) is 39.3 Å². The molecule has 1 spiro atoms. The van der Waals surface area contributed by atoms with Crippen molar-refractivity contribution in [1.82, 2.24) is 15.1 Å². The van der Waals surface area contributed by atoms with Gasteiger partial charge in [0.2, 0.25) is 0 Å². The van der Waals surface area contributed by atoms with Gasteiger partial charge in [0.15, 0.2) is 5.13 Å². The number of rotatable bonds is 5. The number of carbonyl (C=O) groups is 1. The number of allylic oxidation sites excluding steroid dienone is 1. The van der Waals surface area contributed by atoms with E-state index in [2.05, 4.69) is 21.1 Å². The Morgan fingerprint density at radius 2 is 1.89 bits per heavy atom. The van der Waals surface area contributed by atoms with E-state index in [1.807, 2.05) is 6.07 Å². The largest absolute Gasteiger partial charge is 0.478 e. The maximum Gasteiger partial charge on any atom is 0.335 e. The van der Waals surface area contributed by atoms with E-state index in [1.165, 1.54) is 5.57 Å². The molecular formula is C28H24Cl2N4O3S. The van der Waals surface area contributed by atoms with Crippen molar-refractivity contribution in [3.8, 4) is 11.3 Å². The van der Waals surface area contributed by atoms with Crippen LogP contribution in [-0.2, 0) is 0 Å². The number of hydrogen-bond donors (Lipinski definition) is 1. The Labute approximate surface area is 233 Å². The third kappa shape index (κ3) is 4.19. The van der Waals surface area contributed by atoms with Gasteiger partial charge in [-0.25, -0.2) is 9.78 Å². The number of fused-ring (bicyclic) bond motifs is 1. The number of pyridine rings is 1. The van der Waals surface area contributed by atoms with Crippen LogP contribution in [0.15, 0.2) is 40.7 Å². The van der Waals surface area contributed by atoms with Crippen molar-refractivity contribution < 1.29 is 14.4 Å². The highest BCUT2D eigenvalue weighted by molar-refractivity contribution is 7.22. The zero-order valence-electron chi connectivity index (χ0n) is 20.4. The number of nitrogens with zero attached hydrogens (tertiary/aromatic N) is 4. The normalized spacial score (nSPS) is 18.7. The molecule has 0 radical (unpaired) electrons. The monoisotopic (exact) mass is 566 g/mol. The number of hydrogen-bond acceptors (Lipinski definition) is 7.